The number of nitrogens with zero attached hydrogens (tertiary/aromatic N) is 3. The fraction of sp³-hybridized carbons (Fsp3) is 0.308. The van der Waals surface area contributed by atoms with Crippen LogP contribution in [0.3, 0.4) is 0 Å². The summed E-state index contributed by atoms with van der Waals surface area (Å²) >= 11 is 1.58. The van der Waals surface area contributed by atoms with Crippen LogP contribution in [0.15, 0.2) is 59.0 Å². The SMILES string of the molecule is Cc1cc(C(=O)Nc2ccc(CCN3CCN(c4nsc5ccccc45)CC3)cc2)c(C)o1. The van der Waals surface area contributed by atoms with Gasteiger partial charge in [-0.3, -0.25) is 9.69 Å². The number of aryl methyl sites for hydroxylation is 2. The molecule has 0 saturated carbocycles. The Morgan fingerprint density at radius 2 is 1.82 bits per heavy atom. The number of aromatic nitrogens is 1. The molecule has 6 nitrogen and oxygen atoms in total. The van der Waals surface area contributed by atoms with Gasteiger partial charge in [0.05, 0.1) is 10.3 Å². The van der Waals surface area contributed by atoms with Crippen LogP contribution in [0.25, 0.3) is 10.1 Å². The van der Waals surface area contributed by atoms with Gasteiger partial charge in [-0.25, -0.2) is 0 Å². The van der Waals surface area contributed by atoms with E-state index in [1.807, 2.05) is 26.0 Å². The third kappa shape index (κ3) is 4.79. The second-order valence-electron chi connectivity index (χ2n) is 8.56. The van der Waals surface area contributed by atoms with Gasteiger partial charge in [-0.05, 0) is 67.7 Å². The van der Waals surface area contributed by atoms with E-state index >= 15 is 0 Å². The number of amides is 1. The Balaban J connectivity index is 1.11. The molecule has 170 valence electrons. The van der Waals surface area contributed by atoms with Crippen LogP contribution < -0.4 is 10.2 Å². The molecule has 0 aliphatic carbocycles. The summed E-state index contributed by atoms with van der Waals surface area (Å²) in [6.07, 6.45) is 0.994. The Morgan fingerprint density at radius 1 is 1.06 bits per heavy atom. The van der Waals surface area contributed by atoms with Crippen molar-refractivity contribution >= 4 is 39.0 Å². The summed E-state index contributed by atoms with van der Waals surface area (Å²) in [4.78, 5) is 17.4. The molecule has 0 atom stereocenters. The number of hydrogen-bond acceptors (Lipinski definition) is 6. The van der Waals surface area contributed by atoms with Crippen LogP contribution in [0.5, 0.6) is 0 Å². The molecule has 1 fully saturated rings. The average molecular weight is 461 g/mol. The molecule has 33 heavy (non-hydrogen) atoms. The molecule has 4 aromatic rings. The minimum atomic E-state index is -0.136. The van der Waals surface area contributed by atoms with E-state index in [4.69, 9.17) is 8.79 Å². The van der Waals surface area contributed by atoms with Gasteiger partial charge in [-0.2, -0.15) is 4.37 Å². The maximum atomic E-state index is 12.5. The summed E-state index contributed by atoms with van der Waals surface area (Å²) < 4.78 is 11.4. The summed E-state index contributed by atoms with van der Waals surface area (Å²) in [5.41, 5.74) is 2.66. The van der Waals surface area contributed by atoms with Gasteiger partial charge < -0.3 is 14.6 Å². The number of carbonyl (C=O) groups is 1. The van der Waals surface area contributed by atoms with E-state index in [0.717, 1.165) is 56.4 Å². The van der Waals surface area contributed by atoms with Crippen molar-refractivity contribution in [3.05, 3.63) is 77.2 Å². The van der Waals surface area contributed by atoms with E-state index in [1.54, 1.807) is 17.6 Å². The highest BCUT2D eigenvalue weighted by Crippen LogP contribution is 2.29. The van der Waals surface area contributed by atoms with Gasteiger partial charge in [0.15, 0.2) is 0 Å². The van der Waals surface area contributed by atoms with Crippen molar-refractivity contribution in [1.29, 1.82) is 0 Å². The summed E-state index contributed by atoms with van der Waals surface area (Å²) in [6, 6.07) is 18.4. The summed E-state index contributed by atoms with van der Waals surface area (Å²) in [6.45, 7) is 8.79. The van der Waals surface area contributed by atoms with Gasteiger partial charge >= 0.3 is 0 Å². The highest BCUT2D eigenvalue weighted by atomic mass is 32.1. The number of piperazine rings is 1. The normalized spacial score (nSPS) is 14.7. The van der Waals surface area contributed by atoms with Crippen LogP contribution in [0.2, 0.25) is 0 Å². The Kier molecular flexibility index (Phi) is 6.15. The number of anilines is 2. The quantitative estimate of drug-likeness (QED) is 0.433. The molecule has 0 spiro atoms. The molecule has 2 aromatic carbocycles. The van der Waals surface area contributed by atoms with Crippen LogP contribution in [0.1, 0.15) is 27.4 Å². The molecule has 3 heterocycles. The third-order valence-corrected chi connectivity index (χ3v) is 7.06. The lowest BCUT2D eigenvalue weighted by Crippen LogP contribution is -2.47. The summed E-state index contributed by atoms with van der Waals surface area (Å²) in [5.74, 6) is 2.38. The first kappa shape index (κ1) is 21.7. The third-order valence-electron chi connectivity index (χ3n) is 6.24. The topological polar surface area (TPSA) is 61.6 Å². The zero-order chi connectivity index (χ0) is 22.8. The average Bonchev–Trinajstić information content (AvgIpc) is 3.41. The molecule has 1 aliphatic rings. The van der Waals surface area contributed by atoms with E-state index in [-0.39, 0.29) is 5.91 Å². The van der Waals surface area contributed by atoms with E-state index < -0.39 is 0 Å². The lowest BCUT2D eigenvalue weighted by Gasteiger charge is -2.35. The maximum Gasteiger partial charge on any atom is 0.259 e. The summed E-state index contributed by atoms with van der Waals surface area (Å²) in [5, 5.41) is 4.22. The van der Waals surface area contributed by atoms with Crippen LogP contribution >= 0.6 is 11.5 Å². The fourth-order valence-corrected chi connectivity index (χ4v) is 5.18. The van der Waals surface area contributed by atoms with Gasteiger partial charge in [0.25, 0.3) is 5.91 Å². The molecule has 1 amide bonds. The Hall–Kier alpha value is -3.16. The molecular weight excluding hydrogens is 432 g/mol. The highest BCUT2D eigenvalue weighted by Gasteiger charge is 2.20. The van der Waals surface area contributed by atoms with Gasteiger partial charge in [0, 0.05) is 43.8 Å². The van der Waals surface area contributed by atoms with Crippen molar-refractivity contribution < 1.29 is 9.21 Å². The van der Waals surface area contributed by atoms with E-state index in [1.165, 1.54) is 15.6 Å². The second-order valence-corrected chi connectivity index (χ2v) is 9.36. The number of benzene rings is 2. The van der Waals surface area contributed by atoms with Gasteiger partial charge in [0.2, 0.25) is 0 Å². The van der Waals surface area contributed by atoms with Crippen molar-refractivity contribution in [1.82, 2.24) is 9.27 Å². The lowest BCUT2D eigenvalue weighted by atomic mass is 10.1. The number of furan rings is 1. The Bertz CT molecular complexity index is 1250. The smallest absolute Gasteiger partial charge is 0.259 e. The number of nitrogens with one attached hydrogen (secondary N) is 1. The van der Waals surface area contributed by atoms with Crippen LogP contribution in [0, 0.1) is 13.8 Å². The molecule has 2 aromatic heterocycles. The molecule has 0 bridgehead atoms. The number of carbonyl (C=O) groups excluding carboxylic acids is 1. The van der Waals surface area contributed by atoms with Crippen molar-refractivity contribution in [3.63, 3.8) is 0 Å². The first-order valence-corrected chi connectivity index (χ1v) is 12.1. The molecule has 1 aliphatic heterocycles. The standard InChI is InChI=1S/C26H28N4O2S/c1-18-17-23(19(2)32-18)26(31)27-21-9-7-20(8-10-21)11-12-29-13-15-30(16-14-29)25-22-5-3-4-6-24(22)33-28-25/h3-10,17H,11-16H2,1-2H3,(H,27,31). The van der Waals surface area contributed by atoms with Gasteiger partial charge in [-0.1, -0.05) is 24.3 Å². The molecule has 0 unspecified atom stereocenters. The lowest BCUT2D eigenvalue weighted by molar-refractivity contribution is 0.102. The number of rotatable bonds is 6. The minimum absolute atomic E-state index is 0.136. The van der Waals surface area contributed by atoms with E-state index in [0.29, 0.717) is 11.3 Å². The molecule has 1 N–H and O–H groups in total. The largest absolute Gasteiger partial charge is 0.466 e. The molecular formula is C26H28N4O2S. The molecule has 0 radical (unpaired) electrons. The van der Waals surface area contributed by atoms with Crippen molar-refractivity contribution in [2.75, 3.05) is 42.9 Å². The van der Waals surface area contributed by atoms with Gasteiger partial charge in [-0.15, -0.1) is 0 Å². The predicted molar refractivity (Wildman–Crippen MR) is 135 cm³/mol. The fourth-order valence-electron chi connectivity index (χ4n) is 4.38. The highest BCUT2D eigenvalue weighted by molar-refractivity contribution is 7.13. The van der Waals surface area contributed by atoms with Crippen molar-refractivity contribution in [2.45, 2.75) is 20.3 Å². The van der Waals surface area contributed by atoms with Crippen molar-refractivity contribution in [3.8, 4) is 0 Å². The predicted octanol–water partition coefficient (Wildman–Crippen LogP) is 5.12. The minimum Gasteiger partial charge on any atom is -0.466 e. The first-order valence-electron chi connectivity index (χ1n) is 11.4. The van der Waals surface area contributed by atoms with E-state index in [2.05, 4.69) is 51.5 Å². The molecule has 1 saturated heterocycles. The van der Waals surface area contributed by atoms with Crippen LogP contribution in [0.4, 0.5) is 11.5 Å². The Morgan fingerprint density at radius 3 is 2.55 bits per heavy atom. The number of fused-ring (bicyclic) bond motifs is 1. The van der Waals surface area contributed by atoms with Crippen LogP contribution in [-0.4, -0.2) is 47.9 Å². The molecule has 5 rings (SSSR count). The summed E-state index contributed by atoms with van der Waals surface area (Å²) in [7, 11) is 0. The van der Waals surface area contributed by atoms with Crippen LogP contribution in [-0.2, 0) is 6.42 Å². The Labute approximate surface area is 198 Å². The second kappa shape index (κ2) is 9.37. The maximum absolute atomic E-state index is 12.5. The molecule has 7 heteroatoms. The zero-order valence-electron chi connectivity index (χ0n) is 19.0. The van der Waals surface area contributed by atoms with Crippen molar-refractivity contribution in [2.24, 2.45) is 0 Å². The monoisotopic (exact) mass is 460 g/mol. The van der Waals surface area contributed by atoms with Gasteiger partial charge in [0.1, 0.15) is 17.3 Å². The number of hydrogen-bond donors (Lipinski definition) is 1. The zero-order valence-corrected chi connectivity index (χ0v) is 19.8. The first-order chi connectivity index (χ1) is 16.1. The van der Waals surface area contributed by atoms with E-state index in [9.17, 15) is 4.79 Å².